The highest BCUT2D eigenvalue weighted by atomic mass is 16.1. The van der Waals surface area contributed by atoms with Crippen molar-refractivity contribution in [1.29, 1.82) is 0 Å². The van der Waals surface area contributed by atoms with Crippen LogP contribution in [-0.4, -0.2) is 17.1 Å². The van der Waals surface area contributed by atoms with Crippen LogP contribution in [0.1, 0.15) is 29.8 Å². The molecule has 1 radical (unpaired) electrons. The average Bonchev–Trinajstić information content (AvgIpc) is 2.60. The van der Waals surface area contributed by atoms with E-state index in [9.17, 15) is 9.59 Å². The number of rotatable bonds is 6. The van der Waals surface area contributed by atoms with Gasteiger partial charge < -0.3 is 4.57 Å². The lowest BCUT2D eigenvalue weighted by Crippen LogP contribution is -2.00. The normalized spacial score (nSPS) is 9.85. The van der Waals surface area contributed by atoms with Crippen molar-refractivity contribution in [3.63, 3.8) is 0 Å². The van der Waals surface area contributed by atoms with Crippen LogP contribution in [0, 0.1) is 0 Å². The molecule has 3 heteroatoms. The highest BCUT2D eigenvalue weighted by Crippen LogP contribution is 2.02. The maximum atomic E-state index is 10.5. The van der Waals surface area contributed by atoms with Crippen molar-refractivity contribution in [3.8, 4) is 0 Å². The number of aryl methyl sites for hydroxylation is 1. The predicted octanol–water partition coefficient (Wildman–Crippen LogP) is 1.58. The lowest BCUT2D eigenvalue weighted by Gasteiger charge is -2.02. The van der Waals surface area contributed by atoms with E-state index in [0.717, 1.165) is 25.7 Å². The van der Waals surface area contributed by atoms with E-state index in [4.69, 9.17) is 0 Å². The van der Waals surface area contributed by atoms with Gasteiger partial charge in [0.1, 0.15) is 0 Å². The molecule has 0 amide bonds. The van der Waals surface area contributed by atoms with E-state index in [2.05, 4.69) is 0 Å². The Morgan fingerprint density at radius 1 is 1.46 bits per heavy atom. The largest absolute Gasteiger partial charge is 0.345 e. The molecule has 0 aromatic carbocycles. The summed E-state index contributed by atoms with van der Waals surface area (Å²) < 4.78 is 1.89. The molecule has 69 valence electrons. The second-order valence-electron chi connectivity index (χ2n) is 2.85. The molecule has 0 aliphatic rings. The number of aromatic nitrogens is 1. The molecular formula is C10H12NO2. The number of aldehydes is 1. The smallest absolute Gasteiger partial charge is 0.198 e. The fourth-order valence-electron chi connectivity index (χ4n) is 1.22. The van der Waals surface area contributed by atoms with E-state index in [-0.39, 0.29) is 0 Å². The number of hydrogen-bond donors (Lipinski definition) is 0. The summed E-state index contributed by atoms with van der Waals surface area (Å²) in [6.45, 7) is 0.794. The summed E-state index contributed by atoms with van der Waals surface area (Å²) in [6, 6.07) is 3.62. The Bertz CT molecular complexity index is 278. The average molecular weight is 178 g/mol. The molecule has 3 nitrogen and oxygen atoms in total. The summed E-state index contributed by atoms with van der Waals surface area (Å²) in [5, 5.41) is 0. The zero-order valence-corrected chi connectivity index (χ0v) is 7.40. The monoisotopic (exact) mass is 178 g/mol. The summed E-state index contributed by atoms with van der Waals surface area (Å²) in [5.41, 5.74) is 0.690. The van der Waals surface area contributed by atoms with Crippen LogP contribution in [0.4, 0.5) is 0 Å². The minimum atomic E-state index is 0.484. The zero-order valence-electron chi connectivity index (χ0n) is 7.40. The Morgan fingerprint density at radius 2 is 2.31 bits per heavy atom. The van der Waals surface area contributed by atoms with E-state index in [1.807, 2.05) is 23.1 Å². The maximum Gasteiger partial charge on any atom is 0.198 e. The van der Waals surface area contributed by atoms with Gasteiger partial charge >= 0.3 is 0 Å². The summed E-state index contributed by atoms with van der Waals surface area (Å²) in [4.78, 5) is 20.4. The Morgan fingerprint density at radius 3 is 3.00 bits per heavy atom. The van der Waals surface area contributed by atoms with Crippen molar-refractivity contribution < 1.29 is 9.59 Å². The lowest BCUT2D eigenvalue weighted by atomic mass is 10.2. The molecule has 1 aromatic rings. The van der Waals surface area contributed by atoms with Gasteiger partial charge in [-0.05, 0) is 25.0 Å². The fraction of sp³-hybridized carbons (Fsp3) is 0.400. The van der Waals surface area contributed by atoms with Gasteiger partial charge in [-0.1, -0.05) is 0 Å². The predicted molar refractivity (Wildman–Crippen MR) is 49.4 cm³/mol. The van der Waals surface area contributed by atoms with Crippen LogP contribution in [0.5, 0.6) is 0 Å². The molecular weight excluding hydrogens is 166 g/mol. The molecule has 0 unspecified atom stereocenters. The van der Waals surface area contributed by atoms with Gasteiger partial charge in [-0.15, -0.1) is 0 Å². The molecule has 0 atom stereocenters. The van der Waals surface area contributed by atoms with E-state index >= 15 is 0 Å². The van der Waals surface area contributed by atoms with Crippen LogP contribution in [0.25, 0.3) is 0 Å². The Hall–Kier alpha value is -1.38. The summed E-state index contributed by atoms with van der Waals surface area (Å²) >= 11 is 0. The Labute approximate surface area is 77.4 Å². The van der Waals surface area contributed by atoms with E-state index in [1.165, 1.54) is 0 Å². The second kappa shape index (κ2) is 5.30. The van der Waals surface area contributed by atoms with E-state index < -0.39 is 0 Å². The number of carbonyl (C=O) groups excluding carboxylic acids is 2. The van der Waals surface area contributed by atoms with Crippen molar-refractivity contribution in [2.75, 3.05) is 0 Å². The van der Waals surface area contributed by atoms with Gasteiger partial charge in [-0.25, -0.2) is 0 Å². The van der Waals surface area contributed by atoms with Crippen molar-refractivity contribution in [2.24, 2.45) is 0 Å². The number of hydrogen-bond acceptors (Lipinski definition) is 2. The molecule has 0 aliphatic carbocycles. The van der Waals surface area contributed by atoms with Gasteiger partial charge in [-0.3, -0.25) is 9.59 Å². The van der Waals surface area contributed by atoms with E-state index in [0.29, 0.717) is 12.1 Å². The van der Waals surface area contributed by atoms with Crippen LogP contribution in [0.15, 0.2) is 18.3 Å². The molecule has 0 aliphatic heterocycles. The summed E-state index contributed by atoms with van der Waals surface area (Å²) in [7, 11) is 0. The van der Waals surface area contributed by atoms with Crippen LogP contribution in [0.2, 0.25) is 0 Å². The van der Waals surface area contributed by atoms with Gasteiger partial charge in [0, 0.05) is 19.2 Å². The van der Waals surface area contributed by atoms with Gasteiger partial charge in [0.2, 0.25) is 0 Å². The van der Waals surface area contributed by atoms with Gasteiger partial charge in [0.05, 0.1) is 5.69 Å². The van der Waals surface area contributed by atoms with Crippen LogP contribution in [0.3, 0.4) is 0 Å². The van der Waals surface area contributed by atoms with Crippen molar-refractivity contribution in [2.45, 2.75) is 25.8 Å². The maximum absolute atomic E-state index is 10.5. The second-order valence-corrected chi connectivity index (χ2v) is 2.85. The molecule has 13 heavy (non-hydrogen) atoms. The lowest BCUT2D eigenvalue weighted by molar-refractivity contribution is 0.111. The van der Waals surface area contributed by atoms with Crippen LogP contribution < -0.4 is 0 Å². The first-order valence-electron chi connectivity index (χ1n) is 4.34. The third kappa shape index (κ3) is 2.86. The molecule has 1 aromatic heterocycles. The SMILES string of the molecule is O=[C]CCCCn1cccc1C=O. The van der Waals surface area contributed by atoms with Crippen molar-refractivity contribution in [3.05, 3.63) is 24.0 Å². The molecule has 0 spiro atoms. The number of nitrogens with zero attached hydrogens (tertiary/aromatic N) is 1. The van der Waals surface area contributed by atoms with Gasteiger partial charge in [0.25, 0.3) is 0 Å². The van der Waals surface area contributed by atoms with Gasteiger partial charge in [0.15, 0.2) is 12.6 Å². The first-order valence-corrected chi connectivity index (χ1v) is 4.34. The standard InChI is InChI=1S/C10H12NO2/c12-8-3-1-2-6-11-7-4-5-10(11)9-13/h4-5,7,9H,1-3,6H2. The number of carbonyl (C=O) groups is 1. The highest BCUT2D eigenvalue weighted by Gasteiger charge is 1.97. The Kier molecular flexibility index (Phi) is 3.96. The van der Waals surface area contributed by atoms with Crippen LogP contribution in [-0.2, 0) is 11.3 Å². The van der Waals surface area contributed by atoms with Gasteiger partial charge in [-0.2, -0.15) is 0 Å². The fourth-order valence-corrected chi connectivity index (χ4v) is 1.22. The molecule has 0 saturated carbocycles. The molecule has 0 fully saturated rings. The first-order chi connectivity index (χ1) is 6.38. The zero-order chi connectivity index (χ0) is 9.52. The highest BCUT2D eigenvalue weighted by molar-refractivity contribution is 5.72. The van der Waals surface area contributed by atoms with Crippen LogP contribution >= 0.6 is 0 Å². The Balaban J connectivity index is 2.35. The molecule has 0 saturated heterocycles. The van der Waals surface area contributed by atoms with Crippen molar-refractivity contribution >= 4 is 12.6 Å². The number of unbranched alkanes of at least 4 members (excludes halogenated alkanes) is 2. The third-order valence-corrected chi connectivity index (χ3v) is 1.91. The first kappa shape index (κ1) is 9.71. The quantitative estimate of drug-likeness (QED) is 0.490. The minimum Gasteiger partial charge on any atom is -0.345 e. The summed E-state index contributed by atoms with van der Waals surface area (Å²) in [6.07, 6.45) is 6.78. The van der Waals surface area contributed by atoms with E-state index in [1.54, 1.807) is 6.07 Å². The third-order valence-electron chi connectivity index (χ3n) is 1.91. The molecule has 1 rings (SSSR count). The molecule has 0 bridgehead atoms. The molecule has 1 heterocycles. The minimum absolute atomic E-state index is 0.484. The molecule has 0 N–H and O–H groups in total. The summed E-state index contributed by atoms with van der Waals surface area (Å²) in [5.74, 6) is 0. The topological polar surface area (TPSA) is 39.1 Å². The van der Waals surface area contributed by atoms with Crippen molar-refractivity contribution in [1.82, 2.24) is 4.57 Å².